The fourth-order valence-corrected chi connectivity index (χ4v) is 1.96. The van der Waals surface area contributed by atoms with E-state index in [0.29, 0.717) is 0 Å². The van der Waals surface area contributed by atoms with E-state index in [0.717, 1.165) is 37.9 Å². The van der Waals surface area contributed by atoms with Crippen molar-refractivity contribution in [2.75, 3.05) is 26.2 Å². The van der Waals surface area contributed by atoms with Crippen LogP contribution in [0.4, 0.5) is 0 Å². The zero-order valence-corrected chi connectivity index (χ0v) is 15.1. The minimum atomic E-state index is -4.67. The first-order valence-electron chi connectivity index (χ1n) is 7.13. The first-order chi connectivity index (χ1) is 10.4. The molecule has 2 aliphatic rings. The Labute approximate surface area is 141 Å². The molecule has 11 nitrogen and oxygen atoms in total. The van der Waals surface area contributed by atoms with Crippen LogP contribution in [-0.4, -0.2) is 71.9 Å². The number of rotatable bonds is 4. The van der Waals surface area contributed by atoms with Crippen LogP contribution in [-0.2, 0) is 10.4 Å². The molecular formula is C12H26N6O5S. The molecule has 2 heterocycles. The summed E-state index contributed by atoms with van der Waals surface area (Å²) in [6.45, 7) is 11.5. The van der Waals surface area contributed by atoms with Gasteiger partial charge in [0.15, 0.2) is 0 Å². The second-order valence-corrected chi connectivity index (χ2v) is 6.98. The second-order valence-electron chi connectivity index (χ2n) is 6.08. The fraction of sp³-hybridized carbons (Fsp3) is 0.833. The fourth-order valence-electron chi connectivity index (χ4n) is 1.96. The van der Waals surface area contributed by atoms with E-state index in [2.05, 4.69) is 30.8 Å². The number of nitrogens with zero attached hydrogens (tertiary/aromatic N) is 4. The molecule has 0 aromatic rings. The highest BCUT2D eigenvalue weighted by atomic mass is 32.3. The number of hydrogen-bond donors (Lipinski definition) is 4. The number of azo groups is 1. The van der Waals surface area contributed by atoms with Crippen LogP contribution in [0.2, 0.25) is 0 Å². The first-order valence-corrected chi connectivity index (χ1v) is 8.53. The highest BCUT2D eigenvalue weighted by molar-refractivity contribution is 7.79. The Bertz CT molecular complexity index is 565. The largest absolute Gasteiger partial charge is 0.412 e. The summed E-state index contributed by atoms with van der Waals surface area (Å²) >= 11 is 0. The molecule has 2 rings (SSSR count). The van der Waals surface area contributed by atoms with Gasteiger partial charge < -0.3 is 16.1 Å². The third kappa shape index (κ3) is 7.77. The summed E-state index contributed by atoms with van der Waals surface area (Å²) in [5, 5.41) is 15.4. The molecule has 2 aliphatic heterocycles. The average Bonchev–Trinajstić information content (AvgIpc) is 3.07. The molecule has 0 aromatic carbocycles. The van der Waals surface area contributed by atoms with Gasteiger partial charge in [-0.2, -0.15) is 18.6 Å². The molecule has 0 unspecified atom stereocenters. The van der Waals surface area contributed by atoms with E-state index in [1.54, 1.807) is 0 Å². The summed E-state index contributed by atoms with van der Waals surface area (Å²) in [4.78, 5) is 8.82. The molecule has 0 fully saturated rings. The van der Waals surface area contributed by atoms with Crippen LogP contribution in [0.15, 0.2) is 20.2 Å². The van der Waals surface area contributed by atoms with Crippen LogP contribution in [0.3, 0.4) is 0 Å². The van der Waals surface area contributed by atoms with Gasteiger partial charge in [-0.25, -0.2) is 0 Å². The topological polar surface area (TPSA) is 180 Å². The summed E-state index contributed by atoms with van der Waals surface area (Å²) in [5.74, 6) is 1.84. The molecule has 0 saturated heterocycles. The summed E-state index contributed by atoms with van der Waals surface area (Å²) in [5.41, 5.74) is -0.792. The maximum absolute atomic E-state index is 8.74. The second kappa shape index (κ2) is 8.46. The molecule has 0 amide bonds. The minimum absolute atomic E-state index is 0. The lowest BCUT2D eigenvalue weighted by atomic mass is 10.0. The number of aliphatic imine (C=N–C) groups is 2. The first kappa shape index (κ1) is 22.4. The van der Waals surface area contributed by atoms with Crippen molar-refractivity contribution in [2.45, 2.75) is 38.8 Å². The van der Waals surface area contributed by atoms with Gasteiger partial charge in [0.1, 0.15) is 22.7 Å². The van der Waals surface area contributed by atoms with Gasteiger partial charge in [-0.15, -0.1) is 0 Å². The van der Waals surface area contributed by atoms with E-state index < -0.39 is 21.5 Å². The molecular weight excluding hydrogens is 340 g/mol. The summed E-state index contributed by atoms with van der Waals surface area (Å²) in [6, 6.07) is 0. The van der Waals surface area contributed by atoms with Gasteiger partial charge in [-0.3, -0.25) is 19.1 Å². The Kier molecular flexibility index (Phi) is 7.89. The zero-order valence-electron chi connectivity index (χ0n) is 14.2. The highest BCUT2D eigenvalue weighted by Crippen LogP contribution is 2.19. The van der Waals surface area contributed by atoms with Gasteiger partial charge in [0.25, 0.3) is 0 Å². The monoisotopic (exact) mass is 366 g/mol. The van der Waals surface area contributed by atoms with E-state index in [9.17, 15) is 0 Å². The Morgan fingerprint density at radius 2 is 1.21 bits per heavy atom. The lowest BCUT2D eigenvalue weighted by Crippen LogP contribution is -2.41. The molecule has 0 saturated carbocycles. The summed E-state index contributed by atoms with van der Waals surface area (Å²) in [7, 11) is -4.67. The van der Waals surface area contributed by atoms with Crippen molar-refractivity contribution in [2.24, 2.45) is 20.2 Å². The quantitative estimate of drug-likeness (QED) is 0.385. The number of nitrogens with one attached hydrogen (secondary N) is 2. The molecule has 0 aromatic heterocycles. The molecule has 0 atom stereocenters. The maximum atomic E-state index is 8.74. The predicted octanol–water partition coefficient (Wildman–Crippen LogP) is -0.478. The molecule has 0 radical (unpaired) electrons. The summed E-state index contributed by atoms with van der Waals surface area (Å²) in [6.07, 6.45) is 0. The van der Waals surface area contributed by atoms with Crippen LogP contribution >= 0.6 is 0 Å². The molecule has 24 heavy (non-hydrogen) atoms. The zero-order chi connectivity index (χ0) is 17.7. The number of amidine groups is 2. The van der Waals surface area contributed by atoms with E-state index in [1.807, 2.05) is 27.7 Å². The van der Waals surface area contributed by atoms with Gasteiger partial charge in [-0.05, 0) is 27.7 Å². The summed E-state index contributed by atoms with van der Waals surface area (Å²) < 4.78 is 31.6. The predicted molar refractivity (Wildman–Crippen MR) is 91.4 cm³/mol. The van der Waals surface area contributed by atoms with Crippen molar-refractivity contribution in [1.29, 1.82) is 0 Å². The van der Waals surface area contributed by atoms with Crippen molar-refractivity contribution in [3.8, 4) is 0 Å². The Hall–Kier alpha value is -1.63. The van der Waals surface area contributed by atoms with Crippen LogP contribution < -0.4 is 10.6 Å². The lowest BCUT2D eigenvalue weighted by Gasteiger charge is -2.23. The smallest absolute Gasteiger partial charge is 0.394 e. The van der Waals surface area contributed by atoms with Gasteiger partial charge in [0, 0.05) is 13.1 Å². The Balaban J connectivity index is 0.000000777. The van der Waals surface area contributed by atoms with Gasteiger partial charge in [-0.1, -0.05) is 0 Å². The molecule has 12 heteroatoms. The average molecular weight is 366 g/mol. The van der Waals surface area contributed by atoms with Gasteiger partial charge in [0.2, 0.25) is 0 Å². The van der Waals surface area contributed by atoms with E-state index in [-0.39, 0.29) is 5.48 Å². The minimum Gasteiger partial charge on any atom is -0.412 e. The lowest BCUT2D eigenvalue weighted by molar-refractivity contribution is 0.381. The third-order valence-corrected chi connectivity index (χ3v) is 3.06. The standard InChI is InChI=1S/C12H22N6.H2O4S.H2O/c1-11(2,9-13-5-6-14-9)17-18-12(3,4)10-15-7-8-16-10;1-5(2,3)4;/h5-8H2,1-4H3,(H,13,14)(H,15,16);(H2,1,2,3,4);1H2/b18-17+;;. The van der Waals surface area contributed by atoms with Crippen LogP contribution in [0.5, 0.6) is 0 Å². The van der Waals surface area contributed by atoms with Gasteiger partial charge in [0.05, 0.1) is 13.1 Å². The van der Waals surface area contributed by atoms with Crippen molar-refractivity contribution in [1.82, 2.24) is 10.6 Å². The van der Waals surface area contributed by atoms with E-state index >= 15 is 0 Å². The highest BCUT2D eigenvalue weighted by Gasteiger charge is 2.31. The van der Waals surface area contributed by atoms with Crippen LogP contribution in [0.25, 0.3) is 0 Å². The van der Waals surface area contributed by atoms with Crippen molar-refractivity contribution >= 4 is 22.1 Å². The SMILES string of the molecule is CC(C)(/N=N/C(C)(C)C1=NCCN1)C1=NCCN1.O.O=S(=O)(O)O. The molecule has 0 bridgehead atoms. The van der Waals surface area contributed by atoms with Crippen LogP contribution in [0.1, 0.15) is 27.7 Å². The number of hydrogen-bond acceptors (Lipinski definition) is 8. The van der Waals surface area contributed by atoms with Crippen molar-refractivity contribution < 1.29 is 23.0 Å². The van der Waals surface area contributed by atoms with E-state index in [1.165, 1.54) is 0 Å². The Morgan fingerprint density at radius 3 is 1.42 bits per heavy atom. The maximum Gasteiger partial charge on any atom is 0.394 e. The molecule has 0 aliphatic carbocycles. The molecule has 140 valence electrons. The van der Waals surface area contributed by atoms with Crippen molar-refractivity contribution in [3.63, 3.8) is 0 Å². The normalized spacial score (nSPS) is 17.9. The van der Waals surface area contributed by atoms with Crippen LogP contribution in [0, 0.1) is 0 Å². The third-order valence-electron chi connectivity index (χ3n) is 3.06. The molecule has 6 N–H and O–H groups in total. The van der Waals surface area contributed by atoms with Gasteiger partial charge >= 0.3 is 10.4 Å². The van der Waals surface area contributed by atoms with E-state index in [4.69, 9.17) is 17.5 Å². The molecule has 0 spiro atoms. The van der Waals surface area contributed by atoms with Crippen molar-refractivity contribution in [3.05, 3.63) is 0 Å². The Morgan fingerprint density at radius 1 is 0.917 bits per heavy atom.